The Balaban J connectivity index is 2.32. The van der Waals surface area contributed by atoms with E-state index in [0.29, 0.717) is 33.3 Å². The van der Waals surface area contributed by atoms with E-state index in [0.717, 1.165) is 0 Å². The number of hydrogen-bond acceptors (Lipinski definition) is 4. The second-order valence-corrected chi connectivity index (χ2v) is 6.00. The van der Waals surface area contributed by atoms with E-state index in [1.165, 1.54) is 7.11 Å². The molecule has 2 rings (SSSR count). The van der Waals surface area contributed by atoms with E-state index in [-0.39, 0.29) is 5.78 Å². The summed E-state index contributed by atoms with van der Waals surface area (Å²) in [7, 11) is 3.05. The van der Waals surface area contributed by atoms with Crippen LogP contribution in [0.2, 0.25) is 5.02 Å². The van der Waals surface area contributed by atoms with Crippen LogP contribution in [0.3, 0.4) is 0 Å². The average molecular weight is 350 g/mol. The minimum atomic E-state index is -0.698. The predicted molar refractivity (Wildman–Crippen MR) is 92.1 cm³/mol. The van der Waals surface area contributed by atoms with Crippen molar-refractivity contribution in [3.8, 4) is 5.75 Å². The third-order valence-corrected chi connectivity index (χ3v) is 4.30. The highest BCUT2D eigenvalue weighted by atomic mass is 35.5. The number of ketones is 1. The molecule has 1 heterocycles. The third-order valence-electron chi connectivity index (χ3n) is 4.05. The number of carbonyl (C=O) groups excluding carboxylic acids is 2. The molecule has 2 aromatic rings. The van der Waals surface area contributed by atoms with Gasteiger partial charge in [-0.3, -0.25) is 4.79 Å². The second kappa shape index (κ2) is 7.09. The number of nitrogens with zero attached hydrogens (tertiary/aromatic N) is 1. The summed E-state index contributed by atoms with van der Waals surface area (Å²) in [5.41, 5.74) is 2.15. The van der Waals surface area contributed by atoms with Crippen LogP contribution in [0, 0.1) is 13.8 Å². The van der Waals surface area contributed by atoms with Crippen LogP contribution >= 0.6 is 11.6 Å². The predicted octanol–water partition coefficient (Wildman–Crippen LogP) is 3.73. The Kier molecular flexibility index (Phi) is 5.34. The van der Waals surface area contributed by atoms with Gasteiger partial charge in [0.25, 0.3) is 0 Å². The summed E-state index contributed by atoms with van der Waals surface area (Å²) >= 11 is 5.84. The van der Waals surface area contributed by atoms with Crippen LogP contribution in [0.25, 0.3) is 0 Å². The Hall–Kier alpha value is -2.27. The first-order valence-corrected chi connectivity index (χ1v) is 7.86. The van der Waals surface area contributed by atoms with Crippen molar-refractivity contribution in [2.45, 2.75) is 26.9 Å². The monoisotopic (exact) mass is 349 g/mol. The summed E-state index contributed by atoms with van der Waals surface area (Å²) in [4.78, 5) is 24.8. The van der Waals surface area contributed by atoms with Gasteiger partial charge in [-0.25, -0.2) is 4.79 Å². The summed E-state index contributed by atoms with van der Waals surface area (Å²) in [6.45, 7) is 5.21. The number of esters is 1. The molecule has 24 heavy (non-hydrogen) atoms. The highest BCUT2D eigenvalue weighted by Crippen LogP contribution is 2.25. The average Bonchev–Trinajstić information content (AvgIpc) is 2.78. The quantitative estimate of drug-likeness (QED) is 0.609. The first-order chi connectivity index (χ1) is 11.3. The van der Waals surface area contributed by atoms with Crippen molar-refractivity contribution in [1.29, 1.82) is 0 Å². The highest BCUT2D eigenvalue weighted by molar-refractivity contribution is 6.30. The Morgan fingerprint density at radius 3 is 2.29 bits per heavy atom. The minimum absolute atomic E-state index is 0.189. The number of carbonyl (C=O) groups is 2. The molecule has 0 fully saturated rings. The smallest absolute Gasteiger partial charge is 0.354 e. The Bertz CT molecular complexity index is 777. The molecule has 0 N–H and O–H groups in total. The van der Waals surface area contributed by atoms with Crippen molar-refractivity contribution in [3.05, 3.63) is 51.8 Å². The molecule has 0 aliphatic rings. The van der Waals surface area contributed by atoms with Crippen LogP contribution in [0.5, 0.6) is 5.75 Å². The summed E-state index contributed by atoms with van der Waals surface area (Å²) in [5, 5.41) is 0.596. The molecule has 0 amide bonds. The SMILES string of the molecule is COC(=O)c1c(C)c(C(=O)C(C)Oc2ccc(Cl)cc2)c(C)n1C. The van der Waals surface area contributed by atoms with Gasteiger partial charge in [-0.15, -0.1) is 0 Å². The molecule has 0 spiro atoms. The molecule has 0 saturated heterocycles. The van der Waals surface area contributed by atoms with Crippen LogP contribution in [0.1, 0.15) is 39.0 Å². The van der Waals surface area contributed by atoms with Gasteiger partial charge < -0.3 is 14.0 Å². The number of hydrogen-bond donors (Lipinski definition) is 0. The zero-order valence-electron chi connectivity index (χ0n) is 14.3. The number of methoxy groups -OCH3 is 1. The zero-order chi connectivity index (χ0) is 18.0. The number of aromatic nitrogens is 1. The second-order valence-electron chi connectivity index (χ2n) is 5.56. The van der Waals surface area contributed by atoms with Gasteiger partial charge in [-0.2, -0.15) is 0 Å². The van der Waals surface area contributed by atoms with E-state index < -0.39 is 12.1 Å². The van der Waals surface area contributed by atoms with Crippen molar-refractivity contribution in [2.24, 2.45) is 7.05 Å². The topological polar surface area (TPSA) is 57.5 Å². The van der Waals surface area contributed by atoms with Crippen LogP contribution in [0.4, 0.5) is 0 Å². The van der Waals surface area contributed by atoms with Gasteiger partial charge in [0.05, 0.1) is 7.11 Å². The van der Waals surface area contributed by atoms with Crippen molar-refractivity contribution in [1.82, 2.24) is 4.57 Å². The molecule has 1 aromatic heterocycles. The van der Waals surface area contributed by atoms with Crippen molar-refractivity contribution >= 4 is 23.4 Å². The molecular formula is C18H20ClNO4. The largest absolute Gasteiger partial charge is 0.483 e. The van der Waals surface area contributed by atoms with E-state index in [1.54, 1.807) is 56.7 Å². The maximum Gasteiger partial charge on any atom is 0.354 e. The van der Waals surface area contributed by atoms with Gasteiger partial charge in [0, 0.05) is 23.3 Å². The van der Waals surface area contributed by atoms with Gasteiger partial charge in [0.2, 0.25) is 5.78 Å². The summed E-state index contributed by atoms with van der Waals surface area (Å²) in [6.07, 6.45) is -0.698. The van der Waals surface area contributed by atoms with Gasteiger partial charge in [-0.1, -0.05) is 11.6 Å². The number of ether oxygens (including phenoxy) is 2. The molecule has 1 aromatic carbocycles. The molecule has 6 heteroatoms. The number of benzene rings is 1. The van der Waals surface area contributed by atoms with Crippen LogP contribution in [-0.2, 0) is 11.8 Å². The summed E-state index contributed by atoms with van der Waals surface area (Å²) in [5.74, 6) is -0.103. The van der Waals surface area contributed by atoms with Gasteiger partial charge in [0.15, 0.2) is 6.10 Å². The molecule has 1 unspecified atom stereocenters. The van der Waals surface area contributed by atoms with E-state index in [9.17, 15) is 9.59 Å². The standard InChI is InChI=1S/C18H20ClNO4/c1-10-15(11(2)20(4)16(10)18(22)23-5)17(21)12(3)24-14-8-6-13(19)7-9-14/h6-9,12H,1-5H3. The molecule has 0 aliphatic heterocycles. The van der Waals surface area contributed by atoms with Crippen LogP contribution < -0.4 is 4.74 Å². The number of halogens is 1. The van der Waals surface area contributed by atoms with E-state index in [4.69, 9.17) is 21.1 Å². The van der Waals surface area contributed by atoms with Crippen LogP contribution in [0.15, 0.2) is 24.3 Å². The van der Waals surface area contributed by atoms with Crippen molar-refractivity contribution in [3.63, 3.8) is 0 Å². The first kappa shape index (κ1) is 18.1. The molecule has 0 bridgehead atoms. The lowest BCUT2D eigenvalue weighted by molar-refractivity contribution is 0.0588. The lowest BCUT2D eigenvalue weighted by Crippen LogP contribution is -2.25. The van der Waals surface area contributed by atoms with E-state index in [2.05, 4.69) is 0 Å². The molecule has 128 valence electrons. The van der Waals surface area contributed by atoms with Crippen LogP contribution in [-0.4, -0.2) is 29.5 Å². The minimum Gasteiger partial charge on any atom is -0.483 e. The first-order valence-electron chi connectivity index (χ1n) is 7.48. The third kappa shape index (κ3) is 3.31. The maximum absolute atomic E-state index is 12.8. The molecule has 0 saturated carbocycles. The summed E-state index contributed by atoms with van der Waals surface area (Å²) in [6, 6.07) is 6.80. The lowest BCUT2D eigenvalue weighted by Gasteiger charge is -2.14. The summed E-state index contributed by atoms with van der Waals surface area (Å²) < 4.78 is 12.2. The maximum atomic E-state index is 12.8. The van der Waals surface area contributed by atoms with Gasteiger partial charge >= 0.3 is 5.97 Å². The number of Topliss-reactive ketones (excluding diaryl/α,β-unsaturated/α-hetero) is 1. The fraction of sp³-hybridized carbons (Fsp3) is 0.333. The van der Waals surface area contributed by atoms with Crippen molar-refractivity contribution in [2.75, 3.05) is 7.11 Å². The normalized spacial score (nSPS) is 11.9. The van der Waals surface area contributed by atoms with Crippen molar-refractivity contribution < 1.29 is 19.1 Å². The van der Waals surface area contributed by atoms with Gasteiger partial charge in [-0.05, 0) is 50.6 Å². The molecular weight excluding hydrogens is 330 g/mol. The molecule has 5 nitrogen and oxygen atoms in total. The highest BCUT2D eigenvalue weighted by Gasteiger charge is 2.28. The van der Waals surface area contributed by atoms with Gasteiger partial charge in [0.1, 0.15) is 11.4 Å². The molecule has 0 aliphatic carbocycles. The zero-order valence-corrected chi connectivity index (χ0v) is 15.1. The van der Waals surface area contributed by atoms with E-state index in [1.807, 2.05) is 0 Å². The Morgan fingerprint density at radius 2 is 1.75 bits per heavy atom. The fourth-order valence-electron chi connectivity index (χ4n) is 2.70. The Morgan fingerprint density at radius 1 is 1.17 bits per heavy atom. The number of rotatable bonds is 5. The Labute approximate surface area is 146 Å². The molecule has 1 atom stereocenters. The lowest BCUT2D eigenvalue weighted by atomic mass is 10.0. The molecule has 0 radical (unpaired) electrons. The fourth-order valence-corrected chi connectivity index (χ4v) is 2.83. The van der Waals surface area contributed by atoms with E-state index >= 15 is 0 Å².